The van der Waals surface area contributed by atoms with E-state index in [2.05, 4.69) is 34.7 Å². The molecule has 0 saturated carbocycles. The molecule has 0 atom stereocenters. The Morgan fingerprint density at radius 2 is 1.86 bits per heavy atom. The van der Waals surface area contributed by atoms with Gasteiger partial charge in [0, 0.05) is 11.8 Å². The Labute approximate surface area is 165 Å². The summed E-state index contributed by atoms with van der Waals surface area (Å²) in [7, 11) is 0. The average Bonchev–Trinajstić information content (AvgIpc) is 3.34. The van der Waals surface area contributed by atoms with Crippen LogP contribution in [0.15, 0.2) is 65.6 Å². The predicted molar refractivity (Wildman–Crippen MR) is 107 cm³/mol. The van der Waals surface area contributed by atoms with Gasteiger partial charge in [-0.1, -0.05) is 12.1 Å². The minimum atomic E-state index is -1.82. The number of benzene rings is 1. The van der Waals surface area contributed by atoms with E-state index in [0.29, 0.717) is 0 Å². The minimum Gasteiger partial charge on any atom is -0.473 e. The SMILES string of the molecule is Cc1ccc2c(c1)nc(C=Cc1ccoc1)n2-c1ccccn1.O=C(O)C(=O)O. The highest BCUT2D eigenvalue weighted by atomic mass is 16.4. The molecule has 0 saturated heterocycles. The summed E-state index contributed by atoms with van der Waals surface area (Å²) in [6.07, 6.45) is 9.12. The van der Waals surface area contributed by atoms with Crippen LogP contribution in [0.4, 0.5) is 0 Å². The molecule has 0 aliphatic carbocycles. The first-order valence-corrected chi connectivity index (χ1v) is 8.52. The van der Waals surface area contributed by atoms with E-state index in [4.69, 9.17) is 29.2 Å². The number of imidazole rings is 1. The molecule has 146 valence electrons. The largest absolute Gasteiger partial charge is 0.473 e. The summed E-state index contributed by atoms with van der Waals surface area (Å²) in [6.45, 7) is 2.07. The summed E-state index contributed by atoms with van der Waals surface area (Å²) in [5.41, 5.74) is 4.19. The van der Waals surface area contributed by atoms with Crippen LogP contribution >= 0.6 is 0 Å². The van der Waals surface area contributed by atoms with Crippen LogP contribution in [-0.4, -0.2) is 36.7 Å². The Morgan fingerprint density at radius 1 is 1.07 bits per heavy atom. The van der Waals surface area contributed by atoms with Gasteiger partial charge in [0.15, 0.2) is 0 Å². The molecule has 0 aliphatic heterocycles. The monoisotopic (exact) mass is 391 g/mol. The predicted octanol–water partition coefficient (Wildman–Crippen LogP) is 3.65. The standard InChI is InChI=1S/C19H15N3O.C2H2O4/c1-14-5-7-17-16(12-14)21-19(8-6-15-9-11-23-13-15)22(17)18-4-2-3-10-20-18;3-1(4)2(5)6/h2-13H,1H3;(H,3,4)(H,5,6). The summed E-state index contributed by atoms with van der Waals surface area (Å²) >= 11 is 0. The molecule has 3 heterocycles. The number of aromatic nitrogens is 3. The fourth-order valence-corrected chi connectivity index (χ4v) is 2.59. The first-order chi connectivity index (χ1) is 14.0. The number of hydrogen-bond donors (Lipinski definition) is 2. The maximum atomic E-state index is 9.10. The van der Waals surface area contributed by atoms with Gasteiger partial charge in [-0.25, -0.2) is 19.6 Å². The lowest BCUT2D eigenvalue weighted by Gasteiger charge is -2.05. The lowest BCUT2D eigenvalue weighted by Crippen LogP contribution is -2.09. The highest BCUT2D eigenvalue weighted by Crippen LogP contribution is 2.23. The van der Waals surface area contributed by atoms with Crippen molar-refractivity contribution < 1.29 is 24.2 Å². The van der Waals surface area contributed by atoms with E-state index in [1.54, 1.807) is 18.7 Å². The molecule has 29 heavy (non-hydrogen) atoms. The first-order valence-electron chi connectivity index (χ1n) is 8.52. The van der Waals surface area contributed by atoms with Crippen LogP contribution in [0.3, 0.4) is 0 Å². The van der Waals surface area contributed by atoms with E-state index in [9.17, 15) is 0 Å². The maximum absolute atomic E-state index is 9.10. The van der Waals surface area contributed by atoms with Gasteiger partial charge in [-0.3, -0.25) is 4.57 Å². The molecule has 0 bridgehead atoms. The fourth-order valence-electron chi connectivity index (χ4n) is 2.59. The number of carboxylic acid groups (broad SMARTS) is 2. The Kier molecular flexibility index (Phi) is 5.84. The van der Waals surface area contributed by atoms with Crippen LogP contribution in [-0.2, 0) is 9.59 Å². The van der Waals surface area contributed by atoms with Crippen LogP contribution < -0.4 is 0 Å². The molecule has 4 aromatic rings. The zero-order valence-corrected chi connectivity index (χ0v) is 15.4. The van der Waals surface area contributed by atoms with Crippen molar-refractivity contribution in [3.05, 3.63) is 78.1 Å². The number of aryl methyl sites for hydroxylation is 1. The van der Waals surface area contributed by atoms with Crippen molar-refractivity contribution in [2.45, 2.75) is 6.92 Å². The molecule has 0 amide bonds. The summed E-state index contributed by atoms with van der Waals surface area (Å²) < 4.78 is 7.16. The van der Waals surface area contributed by atoms with Gasteiger partial charge in [-0.2, -0.15) is 0 Å². The molecule has 1 aromatic carbocycles. The summed E-state index contributed by atoms with van der Waals surface area (Å²) in [6, 6.07) is 14.0. The fraction of sp³-hybridized carbons (Fsp3) is 0.0476. The van der Waals surface area contributed by atoms with Gasteiger partial charge >= 0.3 is 11.9 Å². The topological polar surface area (TPSA) is 118 Å². The molecule has 0 unspecified atom stereocenters. The molecule has 0 spiro atoms. The highest BCUT2D eigenvalue weighted by molar-refractivity contribution is 6.27. The van der Waals surface area contributed by atoms with Crippen LogP contribution in [0.1, 0.15) is 17.0 Å². The number of fused-ring (bicyclic) bond motifs is 1. The number of aliphatic carboxylic acids is 2. The Bertz CT molecular complexity index is 1150. The zero-order chi connectivity index (χ0) is 20.8. The number of pyridine rings is 1. The van der Waals surface area contributed by atoms with E-state index >= 15 is 0 Å². The molecule has 8 nitrogen and oxygen atoms in total. The number of furan rings is 1. The van der Waals surface area contributed by atoms with Crippen molar-refractivity contribution in [1.82, 2.24) is 14.5 Å². The van der Waals surface area contributed by atoms with Crippen LogP contribution in [0, 0.1) is 6.92 Å². The summed E-state index contributed by atoms with van der Waals surface area (Å²) in [4.78, 5) is 27.4. The van der Waals surface area contributed by atoms with Crippen molar-refractivity contribution >= 4 is 35.1 Å². The Balaban J connectivity index is 0.000000353. The van der Waals surface area contributed by atoms with E-state index in [-0.39, 0.29) is 0 Å². The van der Waals surface area contributed by atoms with Crippen molar-refractivity contribution in [2.75, 3.05) is 0 Å². The van der Waals surface area contributed by atoms with Crippen LogP contribution in [0.2, 0.25) is 0 Å². The lowest BCUT2D eigenvalue weighted by molar-refractivity contribution is -0.159. The second-order valence-corrected chi connectivity index (χ2v) is 5.99. The minimum absolute atomic E-state index is 0.838. The number of carbonyl (C=O) groups is 2. The number of rotatable bonds is 3. The zero-order valence-electron chi connectivity index (χ0n) is 15.4. The van der Waals surface area contributed by atoms with Crippen molar-refractivity contribution in [2.24, 2.45) is 0 Å². The number of hydrogen-bond acceptors (Lipinski definition) is 5. The molecule has 2 N–H and O–H groups in total. The van der Waals surface area contributed by atoms with Crippen molar-refractivity contribution in [3.8, 4) is 5.82 Å². The normalized spacial score (nSPS) is 10.7. The maximum Gasteiger partial charge on any atom is 0.414 e. The Morgan fingerprint density at radius 3 is 2.48 bits per heavy atom. The molecule has 0 fully saturated rings. The third-order valence-corrected chi connectivity index (χ3v) is 3.87. The van der Waals surface area contributed by atoms with Crippen LogP contribution in [0.5, 0.6) is 0 Å². The molecular weight excluding hydrogens is 374 g/mol. The van der Waals surface area contributed by atoms with Gasteiger partial charge in [0.25, 0.3) is 0 Å². The molecule has 0 aliphatic rings. The van der Waals surface area contributed by atoms with Crippen molar-refractivity contribution in [3.63, 3.8) is 0 Å². The quantitative estimate of drug-likeness (QED) is 0.512. The van der Waals surface area contributed by atoms with Gasteiger partial charge in [0.1, 0.15) is 11.6 Å². The second-order valence-electron chi connectivity index (χ2n) is 5.99. The lowest BCUT2D eigenvalue weighted by atomic mass is 10.2. The Hall–Kier alpha value is -4.20. The average molecular weight is 391 g/mol. The summed E-state index contributed by atoms with van der Waals surface area (Å²) in [5.74, 6) is -1.96. The molecule has 8 heteroatoms. The highest BCUT2D eigenvalue weighted by Gasteiger charge is 2.11. The van der Waals surface area contributed by atoms with Crippen LogP contribution in [0.25, 0.3) is 29.0 Å². The third-order valence-electron chi connectivity index (χ3n) is 3.87. The van der Waals surface area contributed by atoms with E-state index in [1.807, 2.05) is 36.4 Å². The summed E-state index contributed by atoms with van der Waals surface area (Å²) in [5, 5.41) is 14.8. The molecule has 4 rings (SSSR count). The van der Waals surface area contributed by atoms with Crippen molar-refractivity contribution in [1.29, 1.82) is 0 Å². The smallest absolute Gasteiger partial charge is 0.414 e. The van der Waals surface area contributed by atoms with Gasteiger partial charge < -0.3 is 14.6 Å². The number of carboxylic acids is 2. The molecule has 3 aromatic heterocycles. The van der Waals surface area contributed by atoms with Gasteiger partial charge in [-0.05, 0) is 55.0 Å². The van der Waals surface area contributed by atoms with Gasteiger partial charge in [0.2, 0.25) is 0 Å². The second kappa shape index (κ2) is 8.66. The van der Waals surface area contributed by atoms with E-state index in [0.717, 1.165) is 28.2 Å². The van der Waals surface area contributed by atoms with Gasteiger partial charge in [-0.15, -0.1) is 0 Å². The van der Waals surface area contributed by atoms with E-state index in [1.165, 1.54) is 5.56 Å². The van der Waals surface area contributed by atoms with E-state index < -0.39 is 11.9 Å². The van der Waals surface area contributed by atoms with Gasteiger partial charge in [0.05, 0.1) is 23.6 Å². The first kappa shape index (κ1) is 19.6. The molecular formula is C21H17N3O5. The number of nitrogens with zero attached hydrogens (tertiary/aromatic N) is 3. The third kappa shape index (κ3) is 4.75. The molecule has 0 radical (unpaired) electrons.